The van der Waals surface area contributed by atoms with Gasteiger partial charge in [-0.15, -0.1) is 11.8 Å². The molecular formula is C10H19NO5S. The molecule has 5 atom stereocenters. The van der Waals surface area contributed by atoms with Gasteiger partial charge in [0.05, 0.1) is 12.6 Å². The van der Waals surface area contributed by atoms with E-state index < -0.39 is 29.8 Å². The summed E-state index contributed by atoms with van der Waals surface area (Å²) in [5.41, 5.74) is -0.473. The zero-order chi connectivity index (χ0) is 13.0. The monoisotopic (exact) mass is 265 g/mol. The number of carbonyl (C=O) groups excluding carboxylic acids is 1. The summed E-state index contributed by atoms with van der Waals surface area (Å²) in [4.78, 5) is 11.0. The maximum absolute atomic E-state index is 11.0. The van der Waals surface area contributed by atoms with E-state index in [0.29, 0.717) is 0 Å². The summed E-state index contributed by atoms with van der Waals surface area (Å²) in [5.74, 6) is 0.441. The van der Waals surface area contributed by atoms with E-state index in [4.69, 9.17) is 9.84 Å². The molecule has 17 heavy (non-hydrogen) atoms. The number of aliphatic hydroxyl groups is 3. The van der Waals surface area contributed by atoms with Crippen LogP contribution in [0, 0.1) is 0 Å². The summed E-state index contributed by atoms with van der Waals surface area (Å²) in [7, 11) is 0. The van der Waals surface area contributed by atoms with Gasteiger partial charge in [0, 0.05) is 6.92 Å². The molecule has 0 radical (unpaired) electrons. The normalized spacial score (nSPS) is 37.8. The molecule has 1 saturated heterocycles. The molecule has 0 aromatic carbocycles. The van der Waals surface area contributed by atoms with E-state index in [1.165, 1.54) is 18.7 Å². The molecule has 3 unspecified atom stereocenters. The molecule has 1 aliphatic heterocycles. The minimum Gasteiger partial charge on any atom is -0.394 e. The molecule has 1 aliphatic rings. The van der Waals surface area contributed by atoms with Crippen LogP contribution in [0.2, 0.25) is 0 Å². The van der Waals surface area contributed by atoms with Crippen LogP contribution in [0.25, 0.3) is 0 Å². The van der Waals surface area contributed by atoms with Gasteiger partial charge < -0.3 is 25.4 Å². The Morgan fingerprint density at radius 3 is 2.53 bits per heavy atom. The maximum Gasteiger partial charge on any atom is 0.217 e. The highest BCUT2D eigenvalue weighted by atomic mass is 32.2. The van der Waals surface area contributed by atoms with Crippen LogP contribution in [-0.2, 0) is 9.53 Å². The van der Waals surface area contributed by atoms with Crippen LogP contribution in [0.4, 0.5) is 0 Å². The zero-order valence-electron chi connectivity index (χ0n) is 9.87. The number of amides is 1. The lowest BCUT2D eigenvalue weighted by Crippen LogP contribution is -2.63. The molecule has 0 saturated carbocycles. The molecule has 0 aromatic heterocycles. The highest BCUT2D eigenvalue weighted by Gasteiger charge is 2.44. The molecule has 0 aromatic rings. The number of ether oxygens (including phenoxy) is 1. The van der Waals surface area contributed by atoms with Crippen molar-refractivity contribution in [1.29, 1.82) is 0 Å². The van der Waals surface area contributed by atoms with Gasteiger partial charge in [-0.05, 0) is 5.75 Å². The Morgan fingerprint density at radius 2 is 2.06 bits per heavy atom. The molecule has 1 heterocycles. The summed E-state index contributed by atoms with van der Waals surface area (Å²) in [6.45, 7) is 2.89. The molecule has 1 fully saturated rings. The highest BCUT2D eigenvalue weighted by molar-refractivity contribution is 7.99. The number of carbonyl (C=O) groups is 1. The lowest BCUT2D eigenvalue weighted by atomic mass is 9.98. The van der Waals surface area contributed by atoms with Crippen molar-refractivity contribution in [3.63, 3.8) is 0 Å². The highest BCUT2D eigenvalue weighted by Crippen LogP contribution is 2.28. The first kappa shape index (κ1) is 14.7. The Kier molecular flexibility index (Phi) is 5.68. The zero-order valence-corrected chi connectivity index (χ0v) is 10.7. The van der Waals surface area contributed by atoms with Crippen molar-refractivity contribution >= 4 is 17.7 Å². The predicted octanol–water partition coefficient (Wildman–Crippen LogP) is -1.32. The molecule has 0 aliphatic carbocycles. The number of aliphatic hydroxyl groups excluding tert-OH is 3. The van der Waals surface area contributed by atoms with Gasteiger partial charge in [-0.2, -0.15) is 0 Å². The molecule has 1 rings (SSSR count). The lowest BCUT2D eigenvalue weighted by molar-refractivity contribution is -0.173. The summed E-state index contributed by atoms with van der Waals surface area (Å²) in [6, 6.07) is -0.671. The molecule has 0 bridgehead atoms. The average molecular weight is 265 g/mol. The standard InChI is InChI=1S/C10H19NO5S/c1-3-17-10-7(11-5(2)13)9(15)8(14)6(4-12)16-10/h6-10,12,14-15H,3-4H2,1-2H3,(H,11,13)/t6?,7?,8-,9?,10+/m1/s1. The first-order valence-electron chi connectivity index (χ1n) is 5.52. The van der Waals surface area contributed by atoms with Gasteiger partial charge in [0.2, 0.25) is 5.91 Å². The minimum atomic E-state index is -1.20. The van der Waals surface area contributed by atoms with Crippen molar-refractivity contribution in [2.45, 2.75) is 43.6 Å². The van der Waals surface area contributed by atoms with E-state index in [9.17, 15) is 15.0 Å². The fourth-order valence-electron chi connectivity index (χ4n) is 1.78. The molecule has 7 heteroatoms. The molecule has 1 amide bonds. The minimum absolute atomic E-state index is 0.297. The number of thioether (sulfide) groups is 1. The first-order chi connectivity index (χ1) is 8.01. The number of nitrogens with one attached hydrogen (secondary N) is 1. The average Bonchev–Trinajstić information content (AvgIpc) is 2.28. The fourth-order valence-corrected chi connectivity index (χ4v) is 2.76. The van der Waals surface area contributed by atoms with Crippen molar-refractivity contribution in [3.8, 4) is 0 Å². The van der Waals surface area contributed by atoms with Gasteiger partial charge in [-0.1, -0.05) is 6.92 Å². The van der Waals surface area contributed by atoms with E-state index in [0.717, 1.165) is 5.75 Å². The van der Waals surface area contributed by atoms with E-state index in [1.807, 2.05) is 6.92 Å². The quantitative estimate of drug-likeness (QED) is 0.503. The van der Waals surface area contributed by atoms with Crippen molar-refractivity contribution in [2.75, 3.05) is 12.4 Å². The molecule has 6 nitrogen and oxygen atoms in total. The Balaban J connectivity index is 2.78. The smallest absolute Gasteiger partial charge is 0.217 e. The third-order valence-corrected chi connectivity index (χ3v) is 3.65. The van der Waals surface area contributed by atoms with Gasteiger partial charge in [-0.3, -0.25) is 4.79 Å². The lowest BCUT2D eigenvalue weighted by Gasteiger charge is -2.42. The van der Waals surface area contributed by atoms with Crippen LogP contribution in [-0.4, -0.2) is 63.4 Å². The summed E-state index contributed by atoms with van der Waals surface area (Å²) in [6.07, 6.45) is -3.17. The van der Waals surface area contributed by atoms with Crippen molar-refractivity contribution in [3.05, 3.63) is 0 Å². The topological polar surface area (TPSA) is 99.0 Å². The summed E-state index contributed by atoms with van der Waals surface area (Å²) in [5, 5.41) is 31.2. The fraction of sp³-hybridized carbons (Fsp3) is 0.900. The second-order valence-corrected chi connectivity index (χ2v) is 5.26. The van der Waals surface area contributed by atoms with Crippen molar-refractivity contribution < 1.29 is 24.9 Å². The first-order valence-corrected chi connectivity index (χ1v) is 6.57. The van der Waals surface area contributed by atoms with Gasteiger partial charge in [-0.25, -0.2) is 0 Å². The maximum atomic E-state index is 11.0. The van der Waals surface area contributed by atoms with Crippen LogP contribution in [0.5, 0.6) is 0 Å². The largest absolute Gasteiger partial charge is 0.394 e. The molecular weight excluding hydrogens is 246 g/mol. The Hall–Kier alpha value is -0.340. The van der Waals surface area contributed by atoms with Gasteiger partial charge >= 0.3 is 0 Å². The summed E-state index contributed by atoms with van der Waals surface area (Å²) >= 11 is 1.41. The van der Waals surface area contributed by atoms with Crippen LogP contribution in [0.3, 0.4) is 0 Å². The van der Waals surface area contributed by atoms with Crippen molar-refractivity contribution in [1.82, 2.24) is 5.32 Å². The second-order valence-electron chi connectivity index (χ2n) is 3.89. The third kappa shape index (κ3) is 3.56. The van der Waals surface area contributed by atoms with Crippen LogP contribution in [0.15, 0.2) is 0 Å². The Morgan fingerprint density at radius 1 is 1.41 bits per heavy atom. The Bertz CT molecular complexity index is 265. The molecule has 4 N–H and O–H groups in total. The third-order valence-electron chi connectivity index (χ3n) is 2.58. The van der Waals surface area contributed by atoms with Crippen LogP contribution >= 0.6 is 11.8 Å². The van der Waals surface area contributed by atoms with E-state index in [2.05, 4.69) is 5.32 Å². The van der Waals surface area contributed by atoms with Gasteiger partial charge in [0.1, 0.15) is 23.7 Å². The number of hydrogen-bond acceptors (Lipinski definition) is 6. The van der Waals surface area contributed by atoms with Crippen molar-refractivity contribution in [2.24, 2.45) is 0 Å². The molecule has 100 valence electrons. The molecule has 0 spiro atoms. The second kappa shape index (κ2) is 6.55. The Labute approximate surface area is 104 Å². The van der Waals surface area contributed by atoms with Gasteiger partial charge in [0.15, 0.2) is 0 Å². The van der Waals surface area contributed by atoms with Gasteiger partial charge in [0.25, 0.3) is 0 Å². The number of hydrogen-bond donors (Lipinski definition) is 4. The van der Waals surface area contributed by atoms with E-state index in [1.54, 1.807) is 0 Å². The van der Waals surface area contributed by atoms with Crippen LogP contribution < -0.4 is 5.32 Å². The summed E-state index contributed by atoms with van der Waals surface area (Å²) < 4.78 is 5.46. The van der Waals surface area contributed by atoms with E-state index in [-0.39, 0.29) is 12.5 Å². The van der Waals surface area contributed by atoms with Crippen LogP contribution in [0.1, 0.15) is 13.8 Å². The number of rotatable bonds is 4. The van der Waals surface area contributed by atoms with E-state index >= 15 is 0 Å². The SMILES string of the molecule is CCS[C@@H]1OC(CO)[C@@H](O)C(O)C1NC(C)=O. The predicted molar refractivity (Wildman–Crippen MR) is 63.5 cm³/mol.